The summed E-state index contributed by atoms with van der Waals surface area (Å²) in [5.41, 5.74) is 1.15. The molecule has 136 valence electrons. The minimum Gasteiger partial charge on any atom is -0.497 e. The Labute approximate surface area is 156 Å². The van der Waals surface area contributed by atoms with E-state index in [1.54, 1.807) is 48.4 Å². The van der Waals surface area contributed by atoms with E-state index < -0.39 is 5.92 Å². The molecule has 0 spiro atoms. The molecular formula is C19H19ClN2O4. The van der Waals surface area contributed by atoms with Crippen LogP contribution in [0, 0.1) is 5.92 Å². The van der Waals surface area contributed by atoms with Gasteiger partial charge in [-0.15, -0.1) is 0 Å². The second-order valence-corrected chi connectivity index (χ2v) is 6.32. The summed E-state index contributed by atoms with van der Waals surface area (Å²) in [7, 11) is 3.07. The third-order valence-electron chi connectivity index (χ3n) is 4.31. The maximum absolute atomic E-state index is 12.6. The lowest BCUT2D eigenvalue weighted by atomic mass is 10.1. The average Bonchev–Trinajstić information content (AvgIpc) is 3.04. The van der Waals surface area contributed by atoms with Crippen molar-refractivity contribution < 1.29 is 19.1 Å². The van der Waals surface area contributed by atoms with E-state index in [4.69, 9.17) is 21.1 Å². The van der Waals surface area contributed by atoms with Crippen molar-refractivity contribution in [3.05, 3.63) is 47.5 Å². The Hall–Kier alpha value is -2.73. The Morgan fingerprint density at radius 1 is 1.19 bits per heavy atom. The highest BCUT2D eigenvalue weighted by molar-refractivity contribution is 6.33. The first-order valence-electron chi connectivity index (χ1n) is 8.11. The summed E-state index contributed by atoms with van der Waals surface area (Å²) >= 11 is 6.17. The lowest BCUT2D eigenvalue weighted by molar-refractivity contribution is -0.122. The highest BCUT2D eigenvalue weighted by atomic mass is 35.5. The Kier molecular flexibility index (Phi) is 5.32. The molecule has 0 bridgehead atoms. The largest absolute Gasteiger partial charge is 0.497 e. The molecule has 0 radical (unpaired) electrons. The molecule has 1 aliphatic rings. The third kappa shape index (κ3) is 3.60. The fraction of sp³-hybridized carbons (Fsp3) is 0.263. The van der Waals surface area contributed by atoms with Crippen LogP contribution in [0.5, 0.6) is 11.5 Å². The summed E-state index contributed by atoms with van der Waals surface area (Å²) in [6.45, 7) is 0.285. The summed E-state index contributed by atoms with van der Waals surface area (Å²) in [6, 6.07) is 12.2. The zero-order valence-corrected chi connectivity index (χ0v) is 15.2. The van der Waals surface area contributed by atoms with Gasteiger partial charge in [0.15, 0.2) is 0 Å². The Balaban J connectivity index is 1.74. The minimum absolute atomic E-state index is 0.125. The SMILES string of the molecule is COc1ccc(NC(=O)C2CC(=O)N(c3ccccc3Cl)C2)c(OC)c1. The number of halogens is 1. The van der Waals surface area contributed by atoms with Gasteiger partial charge >= 0.3 is 0 Å². The summed E-state index contributed by atoms with van der Waals surface area (Å²) in [5, 5.41) is 3.32. The second-order valence-electron chi connectivity index (χ2n) is 5.91. The second kappa shape index (κ2) is 7.66. The van der Waals surface area contributed by atoms with E-state index in [0.29, 0.717) is 27.9 Å². The van der Waals surface area contributed by atoms with Crippen molar-refractivity contribution in [2.75, 3.05) is 31.0 Å². The lowest BCUT2D eigenvalue weighted by Gasteiger charge is -2.18. The van der Waals surface area contributed by atoms with Gasteiger partial charge in [0, 0.05) is 19.0 Å². The molecule has 2 aromatic carbocycles. The van der Waals surface area contributed by atoms with Crippen LogP contribution in [0.2, 0.25) is 5.02 Å². The van der Waals surface area contributed by atoms with Gasteiger partial charge in [0.25, 0.3) is 0 Å². The van der Waals surface area contributed by atoms with E-state index in [-0.39, 0.29) is 24.8 Å². The molecule has 1 fully saturated rings. The van der Waals surface area contributed by atoms with Crippen LogP contribution in [0.3, 0.4) is 0 Å². The van der Waals surface area contributed by atoms with Crippen LogP contribution >= 0.6 is 11.6 Å². The van der Waals surface area contributed by atoms with Crippen LogP contribution in [-0.2, 0) is 9.59 Å². The van der Waals surface area contributed by atoms with Crippen LogP contribution in [0.25, 0.3) is 0 Å². The lowest BCUT2D eigenvalue weighted by Crippen LogP contribution is -2.28. The van der Waals surface area contributed by atoms with Gasteiger partial charge in [-0.05, 0) is 24.3 Å². The number of methoxy groups -OCH3 is 2. The number of nitrogens with zero attached hydrogens (tertiary/aromatic N) is 1. The average molecular weight is 375 g/mol. The number of carbonyl (C=O) groups is 2. The minimum atomic E-state index is -0.467. The number of hydrogen-bond donors (Lipinski definition) is 1. The van der Waals surface area contributed by atoms with Crippen LogP contribution in [0.15, 0.2) is 42.5 Å². The summed E-state index contributed by atoms with van der Waals surface area (Å²) in [5.74, 6) is 0.285. The topological polar surface area (TPSA) is 67.9 Å². The van der Waals surface area contributed by atoms with Crippen molar-refractivity contribution in [2.45, 2.75) is 6.42 Å². The fourth-order valence-corrected chi connectivity index (χ4v) is 3.16. The van der Waals surface area contributed by atoms with E-state index in [9.17, 15) is 9.59 Å². The fourth-order valence-electron chi connectivity index (χ4n) is 2.92. The maximum Gasteiger partial charge on any atom is 0.229 e. The van der Waals surface area contributed by atoms with Crippen LogP contribution < -0.4 is 19.7 Å². The van der Waals surface area contributed by atoms with Crippen LogP contribution in [0.1, 0.15) is 6.42 Å². The van der Waals surface area contributed by atoms with Gasteiger partial charge in [-0.2, -0.15) is 0 Å². The van der Waals surface area contributed by atoms with Crippen molar-refractivity contribution in [1.82, 2.24) is 0 Å². The first-order valence-corrected chi connectivity index (χ1v) is 8.49. The number of hydrogen-bond acceptors (Lipinski definition) is 4. The van der Waals surface area contributed by atoms with E-state index in [1.165, 1.54) is 7.11 Å². The number of anilines is 2. The van der Waals surface area contributed by atoms with Gasteiger partial charge in [-0.3, -0.25) is 9.59 Å². The van der Waals surface area contributed by atoms with Crippen molar-refractivity contribution in [3.63, 3.8) is 0 Å². The standard InChI is InChI=1S/C19H19ClN2O4/c1-25-13-7-8-15(17(10-13)26-2)21-19(24)12-9-18(23)22(11-12)16-6-4-3-5-14(16)20/h3-8,10,12H,9,11H2,1-2H3,(H,21,24). The maximum atomic E-state index is 12.6. The molecule has 1 N–H and O–H groups in total. The molecule has 1 saturated heterocycles. The smallest absolute Gasteiger partial charge is 0.229 e. The molecule has 7 heteroatoms. The molecule has 0 saturated carbocycles. The van der Waals surface area contributed by atoms with Crippen LogP contribution in [-0.4, -0.2) is 32.6 Å². The molecule has 2 amide bonds. The summed E-state index contributed by atoms with van der Waals surface area (Å²) in [4.78, 5) is 26.5. The van der Waals surface area contributed by atoms with E-state index in [0.717, 1.165) is 0 Å². The van der Waals surface area contributed by atoms with Gasteiger partial charge in [0.2, 0.25) is 11.8 Å². The molecule has 2 aromatic rings. The summed E-state index contributed by atoms with van der Waals surface area (Å²) in [6.07, 6.45) is 0.134. The van der Waals surface area contributed by atoms with E-state index in [2.05, 4.69) is 5.32 Å². The predicted molar refractivity (Wildman–Crippen MR) is 100 cm³/mol. The zero-order valence-electron chi connectivity index (χ0n) is 14.5. The van der Waals surface area contributed by atoms with Crippen molar-refractivity contribution in [1.29, 1.82) is 0 Å². The third-order valence-corrected chi connectivity index (χ3v) is 4.63. The number of rotatable bonds is 5. The number of benzene rings is 2. The molecular weight excluding hydrogens is 356 g/mol. The monoisotopic (exact) mass is 374 g/mol. The molecule has 3 rings (SSSR count). The van der Waals surface area contributed by atoms with E-state index >= 15 is 0 Å². The molecule has 1 atom stereocenters. The molecule has 0 aromatic heterocycles. The molecule has 6 nitrogen and oxygen atoms in total. The first kappa shape index (κ1) is 18.1. The van der Waals surface area contributed by atoms with Gasteiger partial charge in [-0.25, -0.2) is 0 Å². The first-order chi connectivity index (χ1) is 12.5. The van der Waals surface area contributed by atoms with Crippen LogP contribution in [0.4, 0.5) is 11.4 Å². The normalized spacial score (nSPS) is 16.5. The zero-order chi connectivity index (χ0) is 18.7. The van der Waals surface area contributed by atoms with Gasteiger partial charge in [0.05, 0.1) is 36.5 Å². The number of para-hydroxylation sites is 1. The molecule has 1 unspecified atom stereocenters. The summed E-state index contributed by atoms with van der Waals surface area (Å²) < 4.78 is 10.4. The van der Waals surface area contributed by atoms with Crippen molar-refractivity contribution in [3.8, 4) is 11.5 Å². The predicted octanol–water partition coefficient (Wildman–Crippen LogP) is 3.35. The molecule has 1 heterocycles. The Morgan fingerprint density at radius 2 is 1.96 bits per heavy atom. The number of carbonyl (C=O) groups excluding carboxylic acids is 2. The Bertz CT molecular complexity index is 840. The molecule has 1 aliphatic heterocycles. The van der Waals surface area contributed by atoms with Crippen molar-refractivity contribution >= 4 is 34.8 Å². The van der Waals surface area contributed by atoms with E-state index in [1.807, 2.05) is 6.07 Å². The highest BCUT2D eigenvalue weighted by Crippen LogP contribution is 2.33. The number of ether oxygens (including phenoxy) is 2. The van der Waals surface area contributed by atoms with Gasteiger partial charge in [0.1, 0.15) is 11.5 Å². The highest BCUT2D eigenvalue weighted by Gasteiger charge is 2.36. The quantitative estimate of drug-likeness (QED) is 0.871. The molecule has 0 aliphatic carbocycles. The van der Waals surface area contributed by atoms with Gasteiger partial charge < -0.3 is 19.7 Å². The van der Waals surface area contributed by atoms with Crippen molar-refractivity contribution in [2.24, 2.45) is 5.92 Å². The van der Waals surface area contributed by atoms with Gasteiger partial charge in [-0.1, -0.05) is 23.7 Å². The number of amides is 2. The Morgan fingerprint density at radius 3 is 2.65 bits per heavy atom. The number of nitrogens with one attached hydrogen (secondary N) is 1. The molecule has 26 heavy (non-hydrogen) atoms.